The van der Waals surface area contributed by atoms with Gasteiger partial charge in [0.1, 0.15) is 0 Å². The minimum absolute atomic E-state index is 0.117. The van der Waals surface area contributed by atoms with Gasteiger partial charge >= 0.3 is 5.97 Å². The first-order valence-electron chi connectivity index (χ1n) is 8.07. The zero-order valence-electron chi connectivity index (χ0n) is 13.7. The van der Waals surface area contributed by atoms with Crippen molar-refractivity contribution in [3.05, 3.63) is 64.2 Å². The molecule has 2 atom stereocenters. The zero-order valence-corrected chi connectivity index (χ0v) is 15.3. The number of aliphatic hydroxyl groups excluding tert-OH is 1. The van der Waals surface area contributed by atoms with Crippen LogP contribution in [0.3, 0.4) is 0 Å². The van der Waals surface area contributed by atoms with Crippen molar-refractivity contribution in [3.63, 3.8) is 0 Å². The maximum Gasteiger partial charge on any atom is 0.337 e. The maximum atomic E-state index is 12.6. The lowest BCUT2D eigenvalue weighted by atomic mass is 9.84. The van der Waals surface area contributed by atoms with Gasteiger partial charge in [0.2, 0.25) is 10.0 Å². The van der Waals surface area contributed by atoms with Crippen LogP contribution in [0.25, 0.3) is 0 Å². The Morgan fingerprint density at radius 1 is 1.19 bits per heavy atom. The van der Waals surface area contributed by atoms with E-state index in [1.54, 1.807) is 12.1 Å². The highest BCUT2D eigenvalue weighted by molar-refractivity contribution is 7.89. The molecule has 1 aliphatic carbocycles. The predicted octanol–water partition coefficient (Wildman–Crippen LogP) is 2.29. The highest BCUT2D eigenvalue weighted by atomic mass is 35.5. The van der Waals surface area contributed by atoms with Crippen LogP contribution in [0.5, 0.6) is 0 Å². The first-order chi connectivity index (χ1) is 12.3. The number of carboxylic acid groups (broad SMARTS) is 1. The molecule has 3 N–H and O–H groups in total. The third-order valence-corrected chi connectivity index (χ3v) is 6.28. The lowest BCUT2D eigenvalue weighted by Crippen LogP contribution is -2.39. The summed E-state index contributed by atoms with van der Waals surface area (Å²) >= 11 is 5.80. The summed E-state index contributed by atoms with van der Waals surface area (Å²) in [6.45, 7) is 0. The lowest BCUT2D eigenvalue weighted by molar-refractivity contribution is -0.147. The van der Waals surface area contributed by atoms with Gasteiger partial charge in [0.25, 0.3) is 0 Å². The predicted molar refractivity (Wildman–Crippen MR) is 96.6 cm³/mol. The lowest BCUT2D eigenvalue weighted by Gasteiger charge is -2.28. The van der Waals surface area contributed by atoms with Crippen molar-refractivity contribution in [2.75, 3.05) is 0 Å². The number of nitrogens with one attached hydrogen (secondary N) is 1. The minimum Gasteiger partial charge on any atom is -0.479 e. The van der Waals surface area contributed by atoms with E-state index in [1.165, 1.54) is 24.3 Å². The fourth-order valence-electron chi connectivity index (χ4n) is 3.21. The molecule has 0 amide bonds. The molecule has 2 aromatic rings. The maximum absolute atomic E-state index is 12.6. The number of fused-ring (bicyclic) bond motifs is 1. The molecule has 2 aromatic carbocycles. The van der Waals surface area contributed by atoms with E-state index in [2.05, 4.69) is 4.72 Å². The zero-order chi connectivity index (χ0) is 18.9. The summed E-state index contributed by atoms with van der Waals surface area (Å²) in [7, 11) is -3.72. The summed E-state index contributed by atoms with van der Waals surface area (Å²) in [6, 6.07) is 10.6. The van der Waals surface area contributed by atoms with Gasteiger partial charge in [-0.15, -0.1) is 0 Å². The second kappa shape index (κ2) is 7.36. The Labute approximate surface area is 156 Å². The Hall–Kier alpha value is -1.93. The van der Waals surface area contributed by atoms with Gasteiger partial charge in [0, 0.05) is 11.1 Å². The van der Waals surface area contributed by atoms with E-state index in [4.69, 9.17) is 16.7 Å². The molecule has 0 bridgehead atoms. The molecule has 8 heteroatoms. The summed E-state index contributed by atoms with van der Waals surface area (Å²) in [5, 5.41) is 19.5. The Kier molecular flexibility index (Phi) is 5.34. The van der Waals surface area contributed by atoms with Gasteiger partial charge in [-0.25, -0.2) is 17.9 Å². The van der Waals surface area contributed by atoms with E-state index >= 15 is 0 Å². The summed E-state index contributed by atoms with van der Waals surface area (Å²) in [4.78, 5) is 11.3. The van der Waals surface area contributed by atoms with E-state index in [0.29, 0.717) is 35.4 Å². The van der Waals surface area contributed by atoms with Crippen molar-refractivity contribution in [1.29, 1.82) is 0 Å². The van der Waals surface area contributed by atoms with E-state index in [1.807, 2.05) is 6.07 Å². The molecule has 0 aromatic heterocycles. The summed E-state index contributed by atoms with van der Waals surface area (Å²) < 4.78 is 27.8. The van der Waals surface area contributed by atoms with Crippen LogP contribution >= 0.6 is 11.6 Å². The molecule has 1 aliphatic rings. The molecule has 2 unspecified atom stereocenters. The van der Waals surface area contributed by atoms with Crippen molar-refractivity contribution in [1.82, 2.24) is 4.72 Å². The highest BCUT2D eigenvalue weighted by Crippen LogP contribution is 2.29. The number of rotatable bonds is 5. The quantitative estimate of drug-likeness (QED) is 0.720. The number of hydrogen-bond acceptors (Lipinski definition) is 4. The van der Waals surface area contributed by atoms with Gasteiger partial charge in [-0.1, -0.05) is 29.8 Å². The minimum atomic E-state index is -3.72. The second-order valence-corrected chi connectivity index (χ2v) is 8.39. The van der Waals surface area contributed by atoms with Crippen LogP contribution in [-0.2, 0) is 27.7 Å². The molecule has 3 rings (SSSR count). The average molecular weight is 396 g/mol. The van der Waals surface area contributed by atoms with Crippen molar-refractivity contribution in [2.24, 2.45) is 0 Å². The normalized spacial score (nSPS) is 18.2. The van der Waals surface area contributed by atoms with Gasteiger partial charge in [0.15, 0.2) is 6.10 Å². The molecule has 0 spiro atoms. The molecular formula is C18H18ClNO5S. The first-order valence-corrected chi connectivity index (χ1v) is 9.93. The Morgan fingerprint density at radius 2 is 1.88 bits per heavy atom. The van der Waals surface area contributed by atoms with Gasteiger partial charge in [-0.2, -0.15) is 0 Å². The van der Waals surface area contributed by atoms with E-state index in [0.717, 1.165) is 5.56 Å². The SMILES string of the molecule is O=C(O)C(O)c1cccc2c1CC(NS(=O)(=O)c1ccc(Cl)cc1)CC2. The van der Waals surface area contributed by atoms with E-state index < -0.39 is 22.1 Å². The van der Waals surface area contributed by atoms with Crippen LogP contribution < -0.4 is 4.72 Å². The fraction of sp³-hybridized carbons (Fsp3) is 0.278. The van der Waals surface area contributed by atoms with Crippen LogP contribution in [0.2, 0.25) is 5.02 Å². The molecule has 6 nitrogen and oxygen atoms in total. The van der Waals surface area contributed by atoms with Gasteiger partial charge in [0.05, 0.1) is 4.90 Å². The second-order valence-electron chi connectivity index (χ2n) is 6.24. The number of carboxylic acids is 1. The largest absolute Gasteiger partial charge is 0.479 e. The molecule has 0 aliphatic heterocycles. The third-order valence-electron chi connectivity index (χ3n) is 4.50. The molecule has 0 saturated heterocycles. The van der Waals surface area contributed by atoms with Crippen LogP contribution in [0.15, 0.2) is 47.4 Å². The molecule has 0 radical (unpaired) electrons. The molecule has 0 fully saturated rings. The fourth-order valence-corrected chi connectivity index (χ4v) is 4.60. The van der Waals surface area contributed by atoms with Crippen molar-refractivity contribution < 1.29 is 23.4 Å². The van der Waals surface area contributed by atoms with Gasteiger partial charge in [-0.3, -0.25) is 0 Å². The number of carbonyl (C=O) groups is 1. The van der Waals surface area contributed by atoms with Crippen LogP contribution in [0.1, 0.15) is 29.2 Å². The van der Waals surface area contributed by atoms with Crippen LogP contribution in [0.4, 0.5) is 0 Å². The van der Waals surface area contributed by atoms with E-state index in [-0.39, 0.29) is 10.9 Å². The standard InChI is InChI=1S/C18H18ClNO5S/c19-12-5-8-14(9-6-12)26(24,25)20-13-7-4-11-2-1-3-15(16(11)10-13)17(21)18(22)23/h1-3,5-6,8-9,13,17,20-21H,4,7,10H2,(H,22,23). The Morgan fingerprint density at radius 3 is 2.54 bits per heavy atom. The number of aliphatic hydroxyl groups is 1. The summed E-state index contributed by atoms with van der Waals surface area (Å²) in [6.07, 6.45) is -0.116. The third kappa shape index (κ3) is 3.91. The molecular weight excluding hydrogens is 378 g/mol. The Balaban J connectivity index is 1.84. The number of benzene rings is 2. The smallest absolute Gasteiger partial charge is 0.337 e. The number of aryl methyl sites for hydroxylation is 1. The topological polar surface area (TPSA) is 104 Å². The number of sulfonamides is 1. The van der Waals surface area contributed by atoms with Crippen molar-refractivity contribution >= 4 is 27.6 Å². The summed E-state index contributed by atoms with van der Waals surface area (Å²) in [5.41, 5.74) is 1.94. The highest BCUT2D eigenvalue weighted by Gasteiger charge is 2.28. The molecule has 138 valence electrons. The summed E-state index contributed by atoms with van der Waals surface area (Å²) in [5.74, 6) is -1.33. The molecule has 26 heavy (non-hydrogen) atoms. The average Bonchev–Trinajstić information content (AvgIpc) is 2.60. The number of aliphatic carboxylic acids is 1. The van der Waals surface area contributed by atoms with Gasteiger partial charge < -0.3 is 10.2 Å². The van der Waals surface area contributed by atoms with Crippen LogP contribution in [-0.4, -0.2) is 30.6 Å². The molecule has 0 saturated carbocycles. The monoisotopic (exact) mass is 395 g/mol. The Bertz CT molecular complexity index is 927. The van der Waals surface area contributed by atoms with Crippen molar-refractivity contribution in [3.8, 4) is 0 Å². The molecule has 0 heterocycles. The van der Waals surface area contributed by atoms with Crippen molar-refractivity contribution in [2.45, 2.75) is 36.3 Å². The first kappa shape index (κ1) is 18.8. The van der Waals surface area contributed by atoms with Crippen LogP contribution in [0, 0.1) is 0 Å². The van der Waals surface area contributed by atoms with E-state index in [9.17, 15) is 18.3 Å². The number of hydrogen-bond donors (Lipinski definition) is 3. The van der Waals surface area contributed by atoms with Gasteiger partial charge in [-0.05, 0) is 60.2 Å². The number of halogens is 1.